The Labute approximate surface area is 165 Å². The van der Waals surface area contributed by atoms with E-state index in [9.17, 15) is 14.0 Å². The van der Waals surface area contributed by atoms with Crippen LogP contribution in [0.25, 0.3) is 0 Å². The predicted molar refractivity (Wildman–Crippen MR) is 107 cm³/mol. The molecule has 154 valence electrons. The molecule has 1 atom stereocenters. The van der Waals surface area contributed by atoms with Crippen molar-refractivity contribution in [3.05, 3.63) is 30.1 Å². The molecule has 0 bridgehead atoms. The first-order valence-corrected chi connectivity index (χ1v) is 10.0. The van der Waals surface area contributed by atoms with Gasteiger partial charge in [0.15, 0.2) is 0 Å². The smallest absolute Gasteiger partial charge is 0.241 e. The standard InChI is InChI=1S/C20H30FN5O2/c1-16(20(28)23-18-4-2-3-17(21)15-18)25-13-11-24(12-14-25)8-5-19(27)26-9-6-22-7-10-26/h2-4,15-16,22H,5-14H2,1H3,(H,23,28). The molecule has 2 saturated heterocycles. The molecule has 0 spiro atoms. The zero-order valence-electron chi connectivity index (χ0n) is 16.5. The Kier molecular flexibility index (Phi) is 7.36. The van der Waals surface area contributed by atoms with Crippen molar-refractivity contribution in [1.29, 1.82) is 0 Å². The van der Waals surface area contributed by atoms with Crippen molar-refractivity contribution >= 4 is 17.5 Å². The Hall–Kier alpha value is -2.03. The maximum Gasteiger partial charge on any atom is 0.241 e. The molecule has 0 radical (unpaired) electrons. The number of hydrogen-bond acceptors (Lipinski definition) is 5. The van der Waals surface area contributed by atoms with Crippen LogP contribution in [0.1, 0.15) is 13.3 Å². The van der Waals surface area contributed by atoms with Crippen molar-refractivity contribution in [3.8, 4) is 0 Å². The summed E-state index contributed by atoms with van der Waals surface area (Å²) in [4.78, 5) is 31.1. The Bertz CT molecular complexity index is 672. The van der Waals surface area contributed by atoms with E-state index in [1.165, 1.54) is 12.1 Å². The van der Waals surface area contributed by atoms with Crippen molar-refractivity contribution in [1.82, 2.24) is 20.0 Å². The van der Waals surface area contributed by atoms with Crippen LogP contribution in [0.2, 0.25) is 0 Å². The van der Waals surface area contributed by atoms with Gasteiger partial charge in [-0.1, -0.05) is 6.07 Å². The predicted octanol–water partition coefficient (Wildman–Crippen LogP) is 0.592. The van der Waals surface area contributed by atoms with Gasteiger partial charge in [0.2, 0.25) is 11.8 Å². The number of nitrogens with one attached hydrogen (secondary N) is 2. The summed E-state index contributed by atoms with van der Waals surface area (Å²) in [6.07, 6.45) is 0.551. The summed E-state index contributed by atoms with van der Waals surface area (Å²) < 4.78 is 13.3. The Morgan fingerprint density at radius 2 is 1.86 bits per heavy atom. The maximum atomic E-state index is 13.3. The molecule has 3 rings (SSSR count). The Morgan fingerprint density at radius 1 is 1.14 bits per heavy atom. The first kappa shape index (κ1) is 20.7. The highest BCUT2D eigenvalue weighted by atomic mass is 19.1. The number of hydrogen-bond donors (Lipinski definition) is 2. The van der Waals surface area contributed by atoms with Crippen LogP contribution in [-0.4, -0.2) is 91.5 Å². The lowest BCUT2D eigenvalue weighted by molar-refractivity contribution is -0.132. The molecule has 2 heterocycles. The normalized spacial score (nSPS) is 20.0. The van der Waals surface area contributed by atoms with Crippen LogP contribution in [0.3, 0.4) is 0 Å². The van der Waals surface area contributed by atoms with Crippen LogP contribution in [-0.2, 0) is 9.59 Å². The van der Waals surface area contributed by atoms with Gasteiger partial charge in [-0.3, -0.25) is 14.5 Å². The molecule has 2 aliphatic heterocycles. The quantitative estimate of drug-likeness (QED) is 0.743. The minimum atomic E-state index is -0.366. The zero-order chi connectivity index (χ0) is 19.9. The molecule has 1 aromatic carbocycles. The topological polar surface area (TPSA) is 67.9 Å². The molecule has 0 saturated carbocycles. The van der Waals surface area contributed by atoms with Crippen molar-refractivity contribution in [2.45, 2.75) is 19.4 Å². The number of anilines is 1. The van der Waals surface area contributed by atoms with Gasteiger partial charge in [0.25, 0.3) is 0 Å². The summed E-state index contributed by atoms with van der Waals surface area (Å²) in [6, 6.07) is 5.65. The number of rotatable bonds is 6. The summed E-state index contributed by atoms with van der Waals surface area (Å²) >= 11 is 0. The minimum Gasteiger partial charge on any atom is -0.340 e. The molecule has 0 aliphatic carbocycles. The molecule has 2 aliphatic rings. The number of benzene rings is 1. The summed E-state index contributed by atoms with van der Waals surface area (Å²) in [5.41, 5.74) is 0.474. The second-order valence-corrected chi connectivity index (χ2v) is 7.43. The highest BCUT2D eigenvalue weighted by Gasteiger charge is 2.26. The van der Waals surface area contributed by atoms with Gasteiger partial charge in [-0.25, -0.2) is 4.39 Å². The second kappa shape index (κ2) is 9.95. The summed E-state index contributed by atoms with van der Waals surface area (Å²) in [6.45, 7) is 9.21. The monoisotopic (exact) mass is 391 g/mol. The number of nitrogens with zero attached hydrogens (tertiary/aromatic N) is 3. The van der Waals surface area contributed by atoms with Crippen LogP contribution in [0.4, 0.5) is 10.1 Å². The molecule has 8 heteroatoms. The van der Waals surface area contributed by atoms with E-state index in [0.29, 0.717) is 12.1 Å². The average molecular weight is 391 g/mol. The van der Waals surface area contributed by atoms with E-state index in [1.807, 2.05) is 11.8 Å². The lowest BCUT2D eigenvalue weighted by atomic mass is 10.2. The molecular formula is C20H30FN5O2. The second-order valence-electron chi connectivity index (χ2n) is 7.43. The largest absolute Gasteiger partial charge is 0.340 e. The van der Waals surface area contributed by atoms with Gasteiger partial charge < -0.3 is 20.4 Å². The van der Waals surface area contributed by atoms with Crippen LogP contribution < -0.4 is 10.6 Å². The molecule has 28 heavy (non-hydrogen) atoms. The molecule has 7 nitrogen and oxygen atoms in total. The lowest BCUT2D eigenvalue weighted by Gasteiger charge is -2.37. The number of halogens is 1. The highest BCUT2D eigenvalue weighted by Crippen LogP contribution is 2.13. The third-order valence-electron chi connectivity index (χ3n) is 5.54. The number of piperazine rings is 2. The van der Waals surface area contributed by atoms with E-state index in [0.717, 1.165) is 58.9 Å². The molecular weight excluding hydrogens is 361 g/mol. The number of carbonyl (C=O) groups excluding carboxylic acids is 2. The van der Waals surface area contributed by atoms with E-state index in [4.69, 9.17) is 0 Å². The molecule has 1 unspecified atom stereocenters. The van der Waals surface area contributed by atoms with Gasteiger partial charge in [-0.15, -0.1) is 0 Å². The van der Waals surface area contributed by atoms with E-state index in [2.05, 4.69) is 20.4 Å². The van der Waals surface area contributed by atoms with Gasteiger partial charge >= 0.3 is 0 Å². The van der Waals surface area contributed by atoms with Crippen LogP contribution in [0.5, 0.6) is 0 Å². The van der Waals surface area contributed by atoms with E-state index < -0.39 is 0 Å². The maximum absolute atomic E-state index is 13.3. The third-order valence-corrected chi connectivity index (χ3v) is 5.54. The van der Waals surface area contributed by atoms with Crippen LogP contribution >= 0.6 is 0 Å². The van der Waals surface area contributed by atoms with Crippen LogP contribution in [0.15, 0.2) is 24.3 Å². The first-order valence-electron chi connectivity index (χ1n) is 10.0. The van der Waals surface area contributed by atoms with Crippen LogP contribution in [0, 0.1) is 5.82 Å². The van der Waals surface area contributed by atoms with Crippen molar-refractivity contribution in [2.24, 2.45) is 0 Å². The van der Waals surface area contributed by atoms with E-state index in [-0.39, 0.29) is 23.7 Å². The average Bonchev–Trinajstić information content (AvgIpc) is 2.72. The SMILES string of the molecule is CC(C(=O)Nc1cccc(F)c1)N1CCN(CCC(=O)N2CCNCC2)CC1. The summed E-state index contributed by atoms with van der Waals surface area (Å²) in [7, 11) is 0. The summed E-state index contributed by atoms with van der Waals surface area (Å²) in [5.74, 6) is -0.269. The Balaban J connectivity index is 1.39. The van der Waals surface area contributed by atoms with E-state index >= 15 is 0 Å². The zero-order valence-corrected chi connectivity index (χ0v) is 16.5. The van der Waals surface area contributed by atoms with Crippen molar-refractivity contribution in [2.75, 3.05) is 64.2 Å². The van der Waals surface area contributed by atoms with Crippen molar-refractivity contribution in [3.63, 3.8) is 0 Å². The number of amides is 2. The first-order chi connectivity index (χ1) is 13.5. The fourth-order valence-electron chi connectivity index (χ4n) is 3.68. The fraction of sp³-hybridized carbons (Fsp3) is 0.600. The van der Waals surface area contributed by atoms with E-state index in [1.54, 1.807) is 12.1 Å². The fourth-order valence-corrected chi connectivity index (χ4v) is 3.68. The van der Waals surface area contributed by atoms with Crippen molar-refractivity contribution < 1.29 is 14.0 Å². The van der Waals surface area contributed by atoms with Gasteiger partial charge in [0.05, 0.1) is 6.04 Å². The molecule has 0 aromatic heterocycles. The van der Waals surface area contributed by atoms with Gasteiger partial charge in [0.1, 0.15) is 5.82 Å². The third kappa shape index (κ3) is 5.73. The van der Waals surface area contributed by atoms with Gasteiger partial charge in [-0.2, -0.15) is 0 Å². The number of carbonyl (C=O) groups is 2. The Morgan fingerprint density at radius 3 is 2.54 bits per heavy atom. The molecule has 1 aromatic rings. The molecule has 2 fully saturated rings. The lowest BCUT2D eigenvalue weighted by Crippen LogP contribution is -2.53. The van der Waals surface area contributed by atoms with Gasteiger partial charge in [-0.05, 0) is 25.1 Å². The minimum absolute atomic E-state index is 0.132. The van der Waals surface area contributed by atoms with Gasteiger partial charge in [0, 0.05) is 71.0 Å². The molecule has 2 N–H and O–H groups in total. The summed E-state index contributed by atoms with van der Waals surface area (Å²) in [5, 5.41) is 6.03. The highest BCUT2D eigenvalue weighted by molar-refractivity contribution is 5.94. The molecule has 2 amide bonds.